The van der Waals surface area contributed by atoms with Gasteiger partial charge in [0.25, 0.3) is 0 Å². The van der Waals surface area contributed by atoms with Crippen LogP contribution >= 0.6 is 23.2 Å². The molecule has 1 aliphatic heterocycles. The molecule has 1 saturated heterocycles. The van der Waals surface area contributed by atoms with Crippen LogP contribution in [0.3, 0.4) is 0 Å². The fourth-order valence-corrected chi connectivity index (χ4v) is 3.37. The fourth-order valence-electron chi connectivity index (χ4n) is 2.89. The average Bonchev–Trinajstić information content (AvgIpc) is 2.95. The van der Waals surface area contributed by atoms with E-state index in [2.05, 4.69) is 29.2 Å². The molecule has 0 aliphatic carbocycles. The van der Waals surface area contributed by atoms with Gasteiger partial charge in [-0.05, 0) is 67.2 Å². The van der Waals surface area contributed by atoms with Gasteiger partial charge in [-0.2, -0.15) is 0 Å². The molecule has 0 saturated carbocycles. The lowest BCUT2D eigenvalue weighted by atomic mass is 10.0. The summed E-state index contributed by atoms with van der Waals surface area (Å²) < 4.78 is 0. The molecule has 0 unspecified atom stereocenters. The molecule has 1 fully saturated rings. The summed E-state index contributed by atoms with van der Waals surface area (Å²) >= 11 is 12.5. The highest BCUT2D eigenvalue weighted by Gasteiger charge is 2.13. The van der Waals surface area contributed by atoms with Gasteiger partial charge in [0.1, 0.15) is 0 Å². The molecule has 3 rings (SSSR count). The van der Waals surface area contributed by atoms with E-state index in [-0.39, 0.29) is 6.15 Å². The molecule has 0 amide bonds. The molecule has 1 aliphatic rings. The van der Waals surface area contributed by atoms with Gasteiger partial charge < -0.3 is 6.15 Å². The highest BCUT2D eigenvalue weighted by atomic mass is 35.5. The van der Waals surface area contributed by atoms with Crippen molar-refractivity contribution in [3.8, 4) is 0 Å². The van der Waals surface area contributed by atoms with Gasteiger partial charge in [0.2, 0.25) is 0 Å². The van der Waals surface area contributed by atoms with Gasteiger partial charge in [0.05, 0.1) is 0 Å². The molecular formula is C18H22Cl2N2. The van der Waals surface area contributed by atoms with Crippen molar-refractivity contribution in [2.45, 2.75) is 25.8 Å². The summed E-state index contributed by atoms with van der Waals surface area (Å²) in [5.74, 6) is 0. The zero-order valence-electron chi connectivity index (χ0n) is 12.7. The molecule has 0 aromatic heterocycles. The number of benzene rings is 2. The molecular weight excluding hydrogens is 315 g/mol. The molecule has 3 N–H and O–H groups in total. The quantitative estimate of drug-likeness (QED) is 0.817. The van der Waals surface area contributed by atoms with Crippen molar-refractivity contribution < 1.29 is 0 Å². The van der Waals surface area contributed by atoms with E-state index < -0.39 is 0 Å². The summed E-state index contributed by atoms with van der Waals surface area (Å²) in [4.78, 5) is 2.47. The molecule has 4 heteroatoms. The second-order valence-electron chi connectivity index (χ2n) is 5.72. The van der Waals surface area contributed by atoms with E-state index in [1.165, 1.54) is 42.6 Å². The maximum atomic E-state index is 6.45. The van der Waals surface area contributed by atoms with Gasteiger partial charge in [-0.25, -0.2) is 0 Å². The number of rotatable bonds is 4. The van der Waals surface area contributed by atoms with E-state index in [1.54, 1.807) is 0 Å². The van der Waals surface area contributed by atoms with Crippen LogP contribution in [0.15, 0.2) is 42.5 Å². The first-order valence-electron chi connectivity index (χ1n) is 7.45. The lowest BCUT2D eigenvalue weighted by Gasteiger charge is -2.16. The van der Waals surface area contributed by atoms with Crippen LogP contribution in [0.5, 0.6) is 0 Å². The van der Waals surface area contributed by atoms with Crippen molar-refractivity contribution >= 4 is 23.2 Å². The number of likely N-dealkylation sites (tertiary alicyclic amines) is 1. The monoisotopic (exact) mass is 336 g/mol. The number of hydrogen-bond acceptors (Lipinski definition) is 2. The number of hydrogen-bond donors (Lipinski definition) is 1. The molecule has 0 spiro atoms. The third-order valence-corrected chi connectivity index (χ3v) is 4.59. The normalized spacial score (nSPS) is 14.8. The minimum absolute atomic E-state index is 0. The van der Waals surface area contributed by atoms with E-state index in [0.717, 1.165) is 23.0 Å². The maximum absolute atomic E-state index is 6.45. The molecule has 2 aromatic carbocycles. The molecule has 0 bridgehead atoms. The summed E-state index contributed by atoms with van der Waals surface area (Å²) in [6.45, 7) is 3.36. The van der Waals surface area contributed by atoms with Gasteiger partial charge in [-0.15, -0.1) is 0 Å². The first-order chi connectivity index (χ1) is 10.2. The van der Waals surface area contributed by atoms with Crippen LogP contribution < -0.4 is 6.15 Å². The predicted molar refractivity (Wildman–Crippen MR) is 95.2 cm³/mol. The molecule has 0 radical (unpaired) electrons. The van der Waals surface area contributed by atoms with Crippen molar-refractivity contribution in [3.63, 3.8) is 0 Å². The Morgan fingerprint density at radius 2 is 1.64 bits per heavy atom. The second-order valence-corrected chi connectivity index (χ2v) is 6.56. The standard InChI is InChI=1S/C18H19Cl2N.H3N/c19-17-5-3-4-14(11-17)10-15-6-7-16(18(20)12-15)13-21-8-1-2-9-21;/h3-7,11-12H,1-2,8-10,13H2;1H3. The Morgan fingerprint density at radius 1 is 0.909 bits per heavy atom. The summed E-state index contributed by atoms with van der Waals surface area (Å²) in [5, 5.41) is 1.66. The van der Waals surface area contributed by atoms with Crippen LogP contribution in [0.2, 0.25) is 10.0 Å². The van der Waals surface area contributed by atoms with Gasteiger partial charge in [0.15, 0.2) is 0 Å². The lowest BCUT2D eigenvalue weighted by molar-refractivity contribution is 0.331. The van der Waals surface area contributed by atoms with Crippen LogP contribution in [-0.2, 0) is 13.0 Å². The Hall–Kier alpha value is -1.06. The summed E-state index contributed by atoms with van der Waals surface area (Å²) in [5.41, 5.74) is 3.67. The maximum Gasteiger partial charge on any atom is 0.0453 e. The Labute approximate surface area is 142 Å². The van der Waals surface area contributed by atoms with E-state index in [9.17, 15) is 0 Å². The van der Waals surface area contributed by atoms with Crippen LogP contribution in [-0.4, -0.2) is 18.0 Å². The Morgan fingerprint density at radius 3 is 2.32 bits per heavy atom. The molecule has 2 aromatic rings. The largest absolute Gasteiger partial charge is 0.344 e. The summed E-state index contributed by atoms with van der Waals surface area (Å²) in [7, 11) is 0. The molecule has 2 nitrogen and oxygen atoms in total. The SMILES string of the molecule is Clc1cccc(Cc2ccc(CN3CCCC3)c(Cl)c2)c1.N. The van der Waals surface area contributed by atoms with E-state index in [4.69, 9.17) is 23.2 Å². The molecule has 1 heterocycles. The molecule has 22 heavy (non-hydrogen) atoms. The van der Waals surface area contributed by atoms with Crippen molar-refractivity contribution in [1.29, 1.82) is 0 Å². The number of halogens is 2. The van der Waals surface area contributed by atoms with Gasteiger partial charge in [-0.3, -0.25) is 4.90 Å². The van der Waals surface area contributed by atoms with Gasteiger partial charge >= 0.3 is 0 Å². The minimum Gasteiger partial charge on any atom is -0.344 e. The number of nitrogens with zero attached hydrogens (tertiary/aromatic N) is 1. The summed E-state index contributed by atoms with van der Waals surface area (Å²) in [6, 6.07) is 14.4. The topological polar surface area (TPSA) is 38.2 Å². The van der Waals surface area contributed by atoms with Crippen molar-refractivity contribution in [3.05, 3.63) is 69.2 Å². The van der Waals surface area contributed by atoms with Crippen LogP contribution in [0.4, 0.5) is 0 Å². The molecule has 0 atom stereocenters. The van der Waals surface area contributed by atoms with Crippen molar-refractivity contribution in [1.82, 2.24) is 11.1 Å². The average molecular weight is 337 g/mol. The molecule has 118 valence electrons. The summed E-state index contributed by atoms with van der Waals surface area (Å²) in [6.07, 6.45) is 3.49. The Balaban J connectivity index is 0.00000176. The third-order valence-electron chi connectivity index (χ3n) is 4.01. The van der Waals surface area contributed by atoms with Crippen molar-refractivity contribution in [2.24, 2.45) is 0 Å². The van der Waals surface area contributed by atoms with Crippen LogP contribution in [0, 0.1) is 0 Å². The third kappa shape index (κ3) is 4.47. The predicted octanol–water partition coefficient (Wildman–Crippen LogP) is 5.34. The smallest absolute Gasteiger partial charge is 0.0453 e. The van der Waals surface area contributed by atoms with E-state index >= 15 is 0 Å². The minimum atomic E-state index is 0. The van der Waals surface area contributed by atoms with Gasteiger partial charge in [0, 0.05) is 16.6 Å². The highest BCUT2D eigenvalue weighted by molar-refractivity contribution is 6.31. The van der Waals surface area contributed by atoms with Crippen molar-refractivity contribution in [2.75, 3.05) is 13.1 Å². The zero-order valence-corrected chi connectivity index (χ0v) is 14.2. The zero-order chi connectivity index (χ0) is 14.7. The Bertz CT molecular complexity index is 622. The second kappa shape index (κ2) is 7.98. The fraction of sp³-hybridized carbons (Fsp3) is 0.333. The van der Waals surface area contributed by atoms with Crippen LogP contribution in [0.25, 0.3) is 0 Å². The van der Waals surface area contributed by atoms with Gasteiger partial charge in [-0.1, -0.05) is 47.5 Å². The highest BCUT2D eigenvalue weighted by Crippen LogP contribution is 2.23. The lowest BCUT2D eigenvalue weighted by Crippen LogP contribution is -2.18. The van der Waals surface area contributed by atoms with E-state index in [0.29, 0.717) is 0 Å². The van der Waals surface area contributed by atoms with E-state index in [1.807, 2.05) is 18.2 Å². The first kappa shape index (κ1) is 17.3. The van der Waals surface area contributed by atoms with Crippen LogP contribution in [0.1, 0.15) is 29.5 Å². The Kier molecular flexibility index (Phi) is 6.27. The first-order valence-corrected chi connectivity index (χ1v) is 8.20.